The standard InChI is InChI=1S/C21H21N3O4S/c1-14-4-2-3-5-16(14)21-23-20(28-24-21)13-22-19(25)8-11-29-15-6-7-17-18(12-15)27-10-9-26-17/h2-7,12H,8-11,13H2,1H3,(H,22,25). The maximum atomic E-state index is 12.1. The Labute approximate surface area is 172 Å². The van der Waals surface area contributed by atoms with Crippen LogP contribution in [0.15, 0.2) is 51.9 Å². The summed E-state index contributed by atoms with van der Waals surface area (Å²) in [5.41, 5.74) is 1.99. The Balaban J connectivity index is 1.23. The maximum absolute atomic E-state index is 12.1. The SMILES string of the molecule is Cc1ccccc1-c1noc(CNC(=O)CCSc2ccc3c(c2)OCCO3)n1. The fourth-order valence-electron chi connectivity index (χ4n) is 2.90. The molecule has 0 atom stereocenters. The smallest absolute Gasteiger partial charge is 0.246 e. The number of rotatable bonds is 7. The fourth-order valence-corrected chi connectivity index (χ4v) is 3.78. The highest BCUT2D eigenvalue weighted by molar-refractivity contribution is 7.99. The normalized spacial score (nSPS) is 12.6. The Morgan fingerprint density at radius 3 is 2.83 bits per heavy atom. The van der Waals surface area contributed by atoms with Crippen molar-refractivity contribution in [2.45, 2.75) is 24.8 Å². The molecule has 0 fully saturated rings. The van der Waals surface area contributed by atoms with E-state index in [4.69, 9.17) is 14.0 Å². The molecule has 0 aliphatic carbocycles. The average molecular weight is 411 g/mol. The van der Waals surface area contributed by atoms with Gasteiger partial charge in [0.15, 0.2) is 11.5 Å². The highest BCUT2D eigenvalue weighted by atomic mass is 32.2. The first-order chi connectivity index (χ1) is 14.2. The lowest BCUT2D eigenvalue weighted by atomic mass is 10.1. The molecule has 4 rings (SSSR count). The van der Waals surface area contributed by atoms with Gasteiger partial charge in [-0.2, -0.15) is 4.98 Å². The molecular weight excluding hydrogens is 390 g/mol. The Morgan fingerprint density at radius 1 is 1.14 bits per heavy atom. The summed E-state index contributed by atoms with van der Waals surface area (Å²) in [4.78, 5) is 17.5. The molecule has 0 bridgehead atoms. The van der Waals surface area contributed by atoms with Crippen LogP contribution in [0.4, 0.5) is 0 Å². The van der Waals surface area contributed by atoms with E-state index in [2.05, 4.69) is 15.5 Å². The van der Waals surface area contributed by atoms with Gasteiger partial charge in [0.25, 0.3) is 0 Å². The van der Waals surface area contributed by atoms with Gasteiger partial charge < -0.3 is 19.3 Å². The van der Waals surface area contributed by atoms with Crippen molar-refractivity contribution in [1.29, 1.82) is 0 Å². The number of hydrogen-bond donors (Lipinski definition) is 1. The number of aromatic nitrogens is 2. The van der Waals surface area contributed by atoms with Gasteiger partial charge in [-0.25, -0.2) is 0 Å². The molecule has 3 aromatic rings. The zero-order chi connectivity index (χ0) is 20.1. The molecule has 1 aliphatic rings. The molecule has 150 valence electrons. The van der Waals surface area contributed by atoms with Crippen LogP contribution in [0.3, 0.4) is 0 Å². The Hall–Kier alpha value is -3.00. The summed E-state index contributed by atoms with van der Waals surface area (Å²) >= 11 is 1.60. The van der Waals surface area contributed by atoms with Crippen molar-refractivity contribution >= 4 is 17.7 Å². The minimum Gasteiger partial charge on any atom is -0.486 e. The first kappa shape index (κ1) is 19.3. The van der Waals surface area contributed by atoms with Gasteiger partial charge in [-0.1, -0.05) is 29.4 Å². The Bertz CT molecular complexity index is 1010. The molecule has 1 aromatic heterocycles. The van der Waals surface area contributed by atoms with E-state index in [0.717, 1.165) is 27.5 Å². The first-order valence-corrected chi connectivity index (χ1v) is 10.4. The lowest BCUT2D eigenvalue weighted by molar-refractivity contribution is -0.120. The largest absolute Gasteiger partial charge is 0.486 e. The monoisotopic (exact) mass is 411 g/mol. The topological polar surface area (TPSA) is 86.5 Å². The molecule has 1 aliphatic heterocycles. The summed E-state index contributed by atoms with van der Waals surface area (Å²) in [6, 6.07) is 13.6. The molecule has 29 heavy (non-hydrogen) atoms. The number of fused-ring (bicyclic) bond motifs is 1. The zero-order valence-electron chi connectivity index (χ0n) is 16.0. The lowest BCUT2D eigenvalue weighted by Gasteiger charge is -2.18. The molecule has 7 nitrogen and oxygen atoms in total. The molecule has 0 saturated heterocycles. The van der Waals surface area contributed by atoms with Crippen LogP contribution in [0, 0.1) is 6.92 Å². The highest BCUT2D eigenvalue weighted by Crippen LogP contribution is 2.34. The quantitative estimate of drug-likeness (QED) is 0.594. The number of benzene rings is 2. The molecule has 1 amide bonds. The van der Waals surface area contributed by atoms with Gasteiger partial charge in [-0.15, -0.1) is 11.8 Å². The number of thioether (sulfide) groups is 1. The highest BCUT2D eigenvalue weighted by Gasteiger charge is 2.13. The second kappa shape index (κ2) is 9.00. The summed E-state index contributed by atoms with van der Waals surface area (Å²) in [5, 5.41) is 6.82. The van der Waals surface area contributed by atoms with E-state index in [-0.39, 0.29) is 12.5 Å². The second-order valence-electron chi connectivity index (χ2n) is 6.51. The molecule has 0 spiro atoms. The number of hydrogen-bond acceptors (Lipinski definition) is 7. The van der Waals surface area contributed by atoms with E-state index in [1.165, 1.54) is 0 Å². The number of aryl methyl sites for hydroxylation is 1. The fraction of sp³-hybridized carbons (Fsp3) is 0.286. The Kier molecular flexibility index (Phi) is 6.00. The van der Waals surface area contributed by atoms with Crippen LogP contribution in [0.5, 0.6) is 11.5 Å². The van der Waals surface area contributed by atoms with Crippen molar-refractivity contribution in [2.75, 3.05) is 19.0 Å². The van der Waals surface area contributed by atoms with Gasteiger partial charge in [0.05, 0.1) is 6.54 Å². The first-order valence-electron chi connectivity index (χ1n) is 9.37. The van der Waals surface area contributed by atoms with E-state index < -0.39 is 0 Å². The molecule has 2 aromatic carbocycles. The van der Waals surface area contributed by atoms with Crippen LogP contribution in [0.2, 0.25) is 0 Å². The number of ether oxygens (including phenoxy) is 2. The van der Waals surface area contributed by atoms with Crippen LogP contribution in [-0.2, 0) is 11.3 Å². The number of carbonyl (C=O) groups is 1. The van der Waals surface area contributed by atoms with Crippen LogP contribution in [0.25, 0.3) is 11.4 Å². The minimum absolute atomic E-state index is 0.0642. The third-order valence-electron chi connectivity index (χ3n) is 4.40. The Morgan fingerprint density at radius 2 is 1.97 bits per heavy atom. The minimum atomic E-state index is -0.0642. The average Bonchev–Trinajstić information content (AvgIpc) is 3.21. The number of amides is 1. The van der Waals surface area contributed by atoms with Gasteiger partial charge >= 0.3 is 0 Å². The maximum Gasteiger partial charge on any atom is 0.246 e. The molecule has 0 radical (unpaired) electrons. The van der Waals surface area contributed by atoms with E-state index >= 15 is 0 Å². The van der Waals surface area contributed by atoms with E-state index in [1.807, 2.05) is 49.4 Å². The molecular formula is C21H21N3O4S. The van der Waals surface area contributed by atoms with Gasteiger partial charge in [0.2, 0.25) is 17.6 Å². The lowest BCUT2D eigenvalue weighted by Crippen LogP contribution is -2.23. The third-order valence-corrected chi connectivity index (χ3v) is 5.40. The van der Waals surface area contributed by atoms with Crippen molar-refractivity contribution in [3.63, 3.8) is 0 Å². The van der Waals surface area contributed by atoms with Gasteiger partial charge in [-0.05, 0) is 30.7 Å². The van der Waals surface area contributed by atoms with Crippen LogP contribution in [-0.4, -0.2) is 35.0 Å². The molecule has 1 N–H and O–H groups in total. The molecule has 0 unspecified atom stereocenters. The molecule has 2 heterocycles. The predicted molar refractivity (Wildman–Crippen MR) is 109 cm³/mol. The third kappa shape index (κ3) is 4.89. The summed E-state index contributed by atoms with van der Waals surface area (Å²) in [6.07, 6.45) is 0.387. The van der Waals surface area contributed by atoms with Crippen molar-refractivity contribution < 1.29 is 18.8 Å². The number of nitrogens with zero attached hydrogens (tertiary/aromatic N) is 2. The molecule has 8 heteroatoms. The summed E-state index contributed by atoms with van der Waals surface area (Å²) in [7, 11) is 0. The summed E-state index contributed by atoms with van der Waals surface area (Å²) < 4.78 is 16.3. The van der Waals surface area contributed by atoms with Gasteiger partial charge in [0, 0.05) is 22.6 Å². The van der Waals surface area contributed by atoms with Crippen molar-refractivity contribution in [1.82, 2.24) is 15.5 Å². The number of nitrogens with one attached hydrogen (secondary N) is 1. The molecule has 0 saturated carbocycles. The summed E-state index contributed by atoms with van der Waals surface area (Å²) in [5.74, 6) is 3.03. The van der Waals surface area contributed by atoms with E-state index in [1.54, 1.807) is 11.8 Å². The van der Waals surface area contributed by atoms with E-state index in [9.17, 15) is 4.79 Å². The van der Waals surface area contributed by atoms with Gasteiger partial charge in [0.1, 0.15) is 13.2 Å². The summed E-state index contributed by atoms with van der Waals surface area (Å²) in [6.45, 7) is 3.34. The zero-order valence-corrected chi connectivity index (χ0v) is 16.8. The van der Waals surface area contributed by atoms with Crippen LogP contribution < -0.4 is 14.8 Å². The van der Waals surface area contributed by atoms with Crippen LogP contribution >= 0.6 is 11.8 Å². The van der Waals surface area contributed by atoms with Gasteiger partial charge in [-0.3, -0.25) is 4.79 Å². The predicted octanol–water partition coefficient (Wildman–Crippen LogP) is 3.61. The second-order valence-corrected chi connectivity index (χ2v) is 7.68. The number of carbonyl (C=O) groups excluding carboxylic acids is 1. The van der Waals surface area contributed by atoms with Crippen molar-refractivity contribution in [3.8, 4) is 22.9 Å². The van der Waals surface area contributed by atoms with E-state index in [0.29, 0.717) is 37.1 Å². The van der Waals surface area contributed by atoms with Crippen molar-refractivity contribution in [3.05, 3.63) is 53.9 Å². The van der Waals surface area contributed by atoms with Crippen LogP contribution in [0.1, 0.15) is 17.9 Å². The van der Waals surface area contributed by atoms with Crippen molar-refractivity contribution in [2.24, 2.45) is 0 Å².